The molecule has 2 aromatic rings. The number of rotatable bonds is 8. The zero-order valence-electron chi connectivity index (χ0n) is 13.7. The Kier molecular flexibility index (Phi) is 6.98. The van der Waals surface area contributed by atoms with Gasteiger partial charge in [-0.1, -0.05) is 43.7 Å². The minimum atomic E-state index is -1.24. The van der Waals surface area contributed by atoms with E-state index in [-0.39, 0.29) is 0 Å². The van der Waals surface area contributed by atoms with Crippen LogP contribution < -0.4 is 10.2 Å². The van der Waals surface area contributed by atoms with E-state index in [0.717, 1.165) is 24.2 Å². The Balaban J connectivity index is 1.84. The largest absolute Gasteiger partial charge is 0.494 e. The summed E-state index contributed by atoms with van der Waals surface area (Å²) in [6.07, 6.45) is 2.40. The maximum absolute atomic E-state index is 11.8. The lowest BCUT2D eigenvalue weighted by Gasteiger charge is -2.08. The minimum Gasteiger partial charge on any atom is -0.494 e. The van der Waals surface area contributed by atoms with Crippen molar-refractivity contribution >= 4 is 12.1 Å². The summed E-state index contributed by atoms with van der Waals surface area (Å²) in [6.45, 7) is 2.82. The molecule has 5 nitrogen and oxygen atoms in total. The molecule has 0 saturated heterocycles. The number of carbonyl (C=O) groups excluding carboxylic acids is 1. The van der Waals surface area contributed by atoms with Gasteiger partial charge in [-0.05, 0) is 41.8 Å². The number of ether oxygens (including phenoxy) is 1. The second kappa shape index (κ2) is 9.47. The molecule has 0 aromatic heterocycles. The molecule has 0 saturated carbocycles. The van der Waals surface area contributed by atoms with Gasteiger partial charge in [-0.25, -0.2) is 5.43 Å². The van der Waals surface area contributed by atoms with Gasteiger partial charge in [0.25, 0.3) is 5.91 Å². The van der Waals surface area contributed by atoms with Gasteiger partial charge in [-0.3, -0.25) is 4.79 Å². The lowest BCUT2D eigenvalue weighted by molar-refractivity contribution is -0.129. The van der Waals surface area contributed by atoms with E-state index in [1.807, 2.05) is 30.3 Å². The van der Waals surface area contributed by atoms with E-state index in [1.54, 1.807) is 24.3 Å². The Morgan fingerprint density at radius 2 is 1.92 bits per heavy atom. The summed E-state index contributed by atoms with van der Waals surface area (Å²) in [4.78, 5) is 11.8. The van der Waals surface area contributed by atoms with Gasteiger partial charge in [0.1, 0.15) is 5.75 Å². The maximum atomic E-state index is 11.8. The number of nitrogens with zero attached hydrogens (tertiary/aromatic N) is 1. The van der Waals surface area contributed by atoms with E-state index in [1.165, 1.54) is 6.21 Å². The predicted octanol–water partition coefficient (Wildman–Crippen LogP) is 3.05. The monoisotopic (exact) mass is 326 g/mol. The molecule has 0 aliphatic heterocycles. The van der Waals surface area contributed by atoms with Crippen molar-refractivity contribution in [1.82, 2.24) is 5.43 Å². The van der Waals surface area contributed by atoms with Crippen molar-refractivity contribution in [2.45, 2.75) is 25.9 Å². The highest BCUT2D eigenvalue weighted by atomic mass is 16.5. The van der Waals surface area contributed by atoms with Gasteiger partial charge in [-0.2, -0.15) is 5.10 Å². The molecule has 0 radical (unpaired) electrons. The molecule has 0 unspecified atom stereocenters. The highest BCUT2D eigenvalue weighted by Crippen LogP contribution is 2.13. The predicted molar refractivity (Wildman–Crippen MR) is 94.0 cm³/mol. The molecule has 0 spiro atoms. The zero-order chi connectivity index (χ0) is 17.2. The first-order valence-electron chi connectivity index (χ1n) is 7.99. The Morgan fingerprint density at radius 3 is 2.58 bits per heavy atom. The quantitative estimate of drug-likeness (QED) is 0.445. The Labute approximate surface area is 142 Å². The van der Waals surface area contributed by atoms with Gasteiger partial charge in [0.2, 0.25) is 0 Å². The molecular formula is C19H22N2O3. The molecule has 2 rings (SSSR count). The number of aliphatic hydroxyl groups is 1. The molecule has 126 valence electrons. The maximum Gasteiger partial charge on any atom is 0.273 e. The smallest absolute Gasteiger partial charge is 0.273 e. The lowest BCUT2D eigenvalue weighted by atomic mass is 10.1. The van der Waals surface area contributed by atoms with Crippen molar-refractivity contribution in [3.63, 3.8) is 0 Å². The van der Waals surface area contributed by atoms with E-state index in [9.17, 15) is 9.90 Å². The van der Waals surface area contributed by atoms with Crippen LogP contribution in [0.5, 0.6) is 5.75 Å². The van der Waals surface area contributed by atoms with Crippen LogP contribution in [-0.4, -0.2) is 23.8 Å². The van der Waals surface area contributed by atoms with Gasteiger partial charge >= 0.3 is 0 Å². The highest BCUT2D eigenvalue weighted by molar-refractivity contribution is 5.85. The fourth-order valence-corrected chi connectivity index (χ4v) is 2.00. The Hall–Kier alpha value is -2.66. The summed E-state index contributed by atoms with van der Waals surface area (Å²) in [5.41, 5.74) is 3.69. The third kappa shape index (κ3) is 5.52. The van der Waals surface area contributed by atoms with E-state index in [4.69, 9.17) is 4.74 Å². The topological polar surface area (TPSA) is 70.9 Å². The van der Waals surface area contributed by atoms with Crippen molar-refractivity contribution in [2.24, 2.45) is 5.10 Å². The van der Waals surface area contributed by atoms with Gasteiger partial charge < -0.3 is 9.84 Å². The summed E-state index contributed by atoms with van der Waals surface area (Å²) < 4.78 is 5.58. The second-order valence-corrected chi connectivity index (χ2v) is 5.32. The molecule has 1 amide bonds. The van der Waals surface area contributed by atoms with Crippen LogP contribution in [0.15, 0.2) is 59.7 Å². The molecule has 2 aromatic carbocycles. The third-order valence-electron chi connectivity index (χ3n) is 3.40. The highest BCUT2D eigenvalue weighted by Gasteiger charge is 2.15. The molecule has 0 bridgehead atoms. The number of hydrogen-bond acceptors (Lipinski definition) is 4. The minimum absolute atomic E-state index is 0.527. The average molecular weight is 326 g/mol. The van der Waals surface area contributed by atoms with E-state index in [0.29, 0.717) is 12.2 Å². The fraction of sp³-hybridized carbons (Fsp3) is 0.263. The standard InChI is InChI=1S/C19H22N2O3/c1-2-3-13-24-17-11-9-15(10-12-17)14-20-21-19(23)18(22)16-7-5-4-6-8-16/h4-12,14,18,22H,2-3,13H2,1H3,(H,21,23)/b20-14-/t18-/m0/s1. The first-order valence-corrected chi connectivity index (χ1v) is 7.99. The second-order valence-electron chi connectivity index (χ2n) is 5.32. The molecule has 0 aliphatic carbocycles. The normalized spacial score (nSPS) is 12.1. The average Bonchev–Trinajstić information content (AvgIpc) is 2.63. The van der Waals surface area contributed by atoms with E-state index < -0.39 is 12.0 Å². The molecule has 0 aliphatic rings. The zero-order valence-corrected chi connectivity index (χ0v) is 13.7. The van der Waals surface area contributed by atoms with Crippen LogP contribution in [0.3, 0.4) is 0 Å². The number of aliphatic hydroxyl groups excluding tert-OH is 1. The molecule has 5 heteroatoms. The summed E-state index contributed by atoms with van der Waals surface area (Å²) in [7, 11) is 0. The lowest BCUT2D eigenvalue weighted by Crippen LogP contribution is -2.25. The molecule has 2 N–H and O–H groups in total. The number of hydrogen-bond donors (Lipinski definition) is 2. The summed E-state index contributed by atoms with van der Waals surface area (Å²) >= 11 is 0. The number of hydrazone groups is 1. The first-order chi connectivity index (χ1) is 11.7. The van der Waals surface area contributed by atoms with Gasteiger partial charge in [-0.15, -0.1) is 0 Å². The van der Waals surface area contributed by atoms with E-state index >= 15 is 0 Å². The van der Waals surface area contributed by atoms with E-state index in [2.05, 4.69) is 17.5 Å². The van der Waals surface area contributed by atoms with Gasteiger partial charge in [0, 0.05) is 0 Å². The first kappa shape index (κ1) is 17.7. The number of amides is 1. The summed E-state index contributed by atoms with van der Waals surface area (Å²) in [5.74, 6) is 0.237. The molecule has 24 heavy (non-hydrogen) atoms. The Morgan fingerprint density at radius 1 is 1.21 bits per heavy atom. The third-order valence-corrected chi connectivity index (χ3v) is 3.40. The molecular weight excluding hydrogens is 304 g/mol. The number of nitrogens with one attached hydrogen (secondary N) is 1. The SMILES string of the molecule is CCCCOc1ccc(/C=N\NC(=O)[C@@H](O)c2ccccc2)cc1. The number of benzene rings is 2. The van der Waals surface area contributed by atoms with Crippen molar-refractivity contribution in [1.29, 1.82) is 0 Å². The molecule has 0 heterocycles. The van der Waals surface area contributed by atoms with Crippen LogP contribution in [0.4, 0.5) is 0 Å². The van der Waals surface area contributed by atoms with Gasteiger partial charge in [0.15, 0.2) is 6.10 Å². The molecule has 1 atom stereocenters. The summed E-state index contributed by atoms with van der Waals surface area (Å²) in [5, 5.41) is 13.8. The van der Waals surface area contributed by atoms with Crippen LogP contribution in [0.2, 0.25) is 0 Å². The van der Waals surface area contributed by atoms with Crippen LogP contribution in [0.25, 0.3) is 0 Å². The number of carbonyl (C=O) groups is 1. The van der Waals surface area contributed by atoms with Crippen LogP contribution >= 0.6 is 0 Å². The number of unbranched alkanes of at least 4 members (excludes halogenated alkanes) is 1. The van der Waals surface area contributed by atoms with Crippen LogP contribution in [-0.2, 0) is 4.79 Å². The molecule has 0 fully saturated rings. The van der Waals surface area contributed by atoms with Gasteiger partial charge in [0.05, 0.1) is 12.8 Å². The van der Waals surface area contributed by atoms with Crippen LogP contribution in [0.1, 0.15) is 37.0 Å². The fourth-order valence-electron chi connectivity index (χ4n) is 2.00. The van der Waals surface area contributed by atoms with Crippen LogP contribution in [0, 0.1) is 0 Å². The van der Waals surface area contributed by atoms with Crippen molar-refractivity contribution < 1.29 is 14.6 Å². The van der Waals surface area contributed by atoms with Crippen molar-refractivity contribution in [3.8, 4) is 5.75 Å². The van der Waals surface area contributed by atoms with Crippen molar-refractivity contribution in [2.75, 3.05) is 6.61 Å². The van der Waals surface area contributed by atoms with Crippen molar-refractivity contribution in [3.05, 3.63) is 65.7 Å². The summed E-state index contributed by atoms with van der Waals surface area (Å²) in [6, 6.07) is 16.1. The Bertz CT molecular complexity index is 654.